The predicted molar refractivity (Wildman–Crippen MR) is 180 cm³/mol. The van der Waals surface area contributed by atoms with Crippen LogP contribution in [0.15, 0.2) is 74.4 Å². The van der Waals surface area contributed by atoms with Crippen molar-refractivity contribution in [2.75, 3.05) is 39.6 Å². The Kier molecular flexibility index (Phi) is 21.4. The van der Waals surface area contributed by atoms with Crippen LogP contribution in [0.1, 0.15) is 0 Å². The first-order valence-electron chi connectivity index (χ1n) is 15.4. The Morgan fingerprint density at radius 3 is 0.877 bits per heavy atom. The van der Waals surface area contributed by atoms with Gasteiger partial charge in [0.15, 0.2) is 18.3 Å². The van der Waals surface area contributed by atoms with Crippen LogP contribution in [0.3, 0.4) is 0 Å². The second kappa shape index (κ2) is 26.0. The molecule has 0 radical (unpaired) electrons. The summed E-state index contributed by atoms with van der Waals surface area (Å²) < 4.78 is 46.1. The molecule has 0 saturated carbocycles. The third-order valence-corrected chi connectivity index (χ3v) is 5.44. The van der Waals surface area contributed by atoms with Crippen LogP contribution in [-0.2, 0) is 71.6 Å². The zero-order chi connectivity index (χ0) is 42.8. The SMILES string of the molecule is C=CC(=O)OCC(COc1nc(OCC(COC(=O)C=C)OC(=O)C=CC(=O)O)nc(OCC(COC(=O)C=C)OC(=O)C=CC(=O)O)n1)OC(=O)C=CC(=O)O. The fraction of sp³-hybridized carbons (Fsp3) is 0.273. The maximum Gasteiger partial charge on any atom is 0.331 e. The van der Waals surface area contributed by atoms with Gasteiger partial charge < -0.3 is 58.0 Å². The lowest BCUT2D eigenvalue weighted by Crippen LogP contribution is -2.32. The van der Waals surface area contributed by atoms with Crippen molar-refractivity contribution in [2.45, 2.75) is 18.3 Å². The van der Waals surface area contributed by atoms with Gasteiger partial charge in [-0.3, -0.25) is 0 Å². The Labute approximate surface area is 320 Å². The zero-order valence-electron chi connectivity index (χ0n) is 29.3. The first-order valence-corrected chi connectivity index (χ1v) is 15.4. The molecule has 57 heavy (non-hydrogen) atoms. The second-order valence-electron chi connectivity index (χ2n) is 9.81. The number of ether oxygens (including phenoxy) is 9. The fourth-order valence-electron chi connectivity index (χ4n) is 3.10. The zero-order valence-corrected chi connectivity index (χ0v) is 29.3. The van der Waals surface area contributed by atoms with Gasteiger partial charge in [0.1, 0.15) is 39.6 Å². The summed E-state index contributed by atoms with van der Waals surface area (Å²) in [4.78, 5) is 115. The van der Waals surface area contributed by atoms with Crippen LogP contribution in [-0.4, -0.2) is 142 Å². The topological polar surface area (TPSA) is 336 Å². The molecule has 24 heteroatoms. The summed E-state index contributed by atoms with van der Waals surface area (Å²) in [5.74, 6) is -10.9. The second-order valence-corrected chi connectivity index (χ2v) is 9.81. The van der Waals surface area contributed by atoms with Crippen molar-refractivity contribution in [2.24, 2.45) is 0 Å². The quantitative estimate of drug-likeness (QED) is 0.0537. The molecule has 0 saturated heterocycles. The van der Waals surface area contributed by atoms with E-state index in [-0.39, 0.29) is 0 Å². The Morgan fingerprint density at radius 2 is 0.667 bits per heavy atom. The lowest BCUT2D eigenvalue weighted by molar-refractivity contribution is -0.154. The molecule has 0 bridgehead atoms. The molecule has 3 atom stereocenters. The van der Waals surface area contributed by atoms with Crippen molar-refractivity contribution in [3.05, 3.63) is 74.4 Å². The molecule has 0 aliphatic carbocycles. The van der Waals surface area contributed by atoms with E-state index < -0.39 is 130 Å². The summed E-state index contributed by atoms with van der Waals surface area (Å²) >= 11 is 0. The number of aliphatic carboxylic acids is 3. The van der Waals surface area contributed by atoms with Crippen LogP contribution in [0.4, 0.5) is 0 Å². The molecule has 1 heterocycles. The molecule has 0 spiro atoms. The number of esters is 6. The summed E-state index contributed by atoms with van der Waals surface area (Å²) in [6.07, 6.45) is 1.06. The Bertz CT molecular complexity index is 1560. The molecule has 1 rings (SSSR count). The Morgan fingerprint density at radius 1 is 0.421 bits per heavy atom. The molecule has 1 aromatic rings. The van der Waals surface area contributed by atoms with E-state index >= 15 is 0 Å². The number of aromatic nitrogens is 3. The van der Waals surface area contributed by atoms with Crippen molar-refractivity contribution in [3.63, 3.8) is 0 Å². The lowest BCUT2D eigenvalue weighted by Gasteiger charge is -2.19. The number of hydrogen-bond donors (Lipinski definition) is 3. The van der Waals surface area contributed by atoms with Crippen LogP contribution in [0, 0.1) is 0 Å². The van der Waals surface area contributed by atoms with Gasteiger partial charge in [0, 0.05) is 54.7 Å². The predicted octanol–water partition coefficient (Wildman–Crippen LogP) is -1.15. The van der Waals surface area contributed by atoms with E-state index in [1.165, 1.54) is 0 Å². The highest BCUT2D eigenvalue weighted by Gasteiger charge is 2.23. The summed E-state index contributed by atoms with van der Waals surface area (Å²) in [7, 11) is 0. The molecular formula is C33H33N3O21. The highest BCUT2D eigenvalue weighted by molar-refractivity contribution is 5.92. The number of rotatable bonds is 27. The largest absolute Gasteiger partial charge is 0.478 e. The van der Waals surface area contributed by atoms with E-state index in [2.05, 4.69) is 34.7 Å². The smallest absolute Gasteiger partial charge is 0.331 e. The van der Waals surface area contributed by atoms with Gasteiger partial charge in [0.25, 0.3) is 0 Å². The van der Waals surface area contributed by atoms with Crippen molar-refractivity contribution in [1.82, 2.24) is 15.0 Å². The van der Waals surface area contributed by atoms with E-state index in [4.69, 9.17) is 58.0 Å². The molecule has 0 amide bonds. The van der Waals surface area contributed by atoms with Crippen LogP contribution >= 0.6 is 0 Å². The number of nitrogens with zero attached hydrogens (tertiary/aromatic N) is 3. The highest BCUT2D eigenvalue weighted by atomic mass is 16.6. The molecule has 0 fully saturated rings. The van der Waals surface area contributed by atoms with Crippen molar-refractivity contribution in [3.8, 4) is 18.0 Å². The molecule has 306 valence electrons. The van der Waals surface area contributed by atoms with E-state index in [1.807, 2.05) is 0 Å². The van der Waals surface area contributed by atoms with E-state index in [1.54, 1.807) is 0 Å². The monoisotopic (exact) mass is 807 g/mol. The number of carbonyl (C=O) groups excluding carboxylic acids is 6. The summed E-state index contributed by atoms with van der Waals surface area (Å²) in [5, 5.41) is 26.3. The minimum Gasteiger partial charge on any atom is -0.478 e. The van der Waals surface area contributed by atoms with Crippen molar-refractivity contribution in [1.29, 1.82) is 0 Å². The van der Waals surface area contributed by atoms with E-state index in [0.717, 1.165) is 18.2 Å². The lowest BCUT2D eigenvalue weighted by atomic mass is 10.4. The minimum absolute atomic E-state index is 0.464. The van der Waals surface area contributed by atoms with Gasteiger partial charge in [-0.2, -0.15) is 0 Å². The highest BCUT2D eigenvalue weighted by Crippen LogP contribution is 2.17. The molecule has 3 N–H and O–H groups in total. The number of carboxylic acids is 3. The fourth-order valence-corrected chi connectivity index (χ4v) is 3.10. The summed E-state index contributed by atoms with van der Waals surface area (Å²) in [6.45, 7) is 5.57. The molecule has 1 aromatic heterocycles. The van der Waals surface area contributed by atoms with Gasteiger partial charge in [-0.1, -0.05) is 19.7 Å². The van der Waals surface area contributed by atoms with Crippen LogP contribution in [0.5, 0.6) is 18.0 Å². The number of carboxylic acid groups (broad SMARTS) is 3. The Hall–Kier alpha value is -7.92. The van der Waals surface area contributed by atoms with Gasteiger partial charge in [-0.25, -0.2) is 43.2 Å². The third kappa shape index (κ3) is 22.7. The third-order valence-electron chi connectivity index (χ3n) is 5.44. The molecule has 3 unspecified atom stereocenters. The maximum atomic E-state index is 12.1. The molecular weight excluding hydrogens is 774 g/mol. The van der Waals surface area contributed by atoms with Crippen LogP contribution < -0.4 is 14.2 Å². The first-order chi connectivity index (χ1) is 27.0. The van der Waals surface area contributed by atoms with Gasteiger partial charge >= 0.3 is 71.8 Å². The number of hydrogen-bond acceptors (Lipinski definition) is 21. The van der Waals surface area contributed by atoms with Gasteiger partial charge in [0.05, 0.1) is 0 Å². The minimum atomic E-state index is -1.48. The Balaban J connectivity index is 3.49. The molecule has 0 aromatic carbocycles. The van der Waals surface area contributed by atoms with Gasteiger partial charge in [-0.05, 0) is 0 Å². The average Bonchev–Trinajstić information content (AvgIpc) is 3.17. The summed E-state index contributed by atoms with van der Waals surface area (Å²) in [5.41, 5.74) is 0. The van der Waals surface area contributed by atoms with Gasteiger partial charge in [0.2, 0.25) is 0 Å². The number of carbonyl (C=O) groups is 9. The van der Waals surface area contributed by atoms with Crippen LogP contribution in [0.2, 0.25) is 0 Å². The van der Waals surface area contributed by atoms with Crippen molar-refractivity contribution >= 4 is 53.7 Å². The van der Waals surface area contributed by atoms with E-state index in [9.17, 15) is 43.2 Å². The first kappa shape index (κ1) is 47.1. The maximum absolute atomic E-state index is 12.1. The van der Waals surface area contributed by atoms with E-state index in [0.29, 0.717) is 36.5 Å². The normalized spacial score (nSPS) is 12.2. The standard InChI is InChI=1S/C33H33N3O21/c1-4-25(43)49-13-19(55-28(46)10-7-22(37)38)16-52-31-34-32(53-17-20(14-50-26(44)5-2)56-29(47)11-8-23(39)40)36-33(35-31)54-18-21(15-51-27(45)6-3)57-30(48)12-9-24(41)42/h4-12,19-21H,1-3,13-18H2,(H,37,38)(H,39,40)(H,41,42). The molecule has 0 aliphatic heterocycles. The van der Waals surface area contributed by atoms with Crippen molar-refractivity contribution < 1.29 is 101 Å². The molecule has 24 nitrogen and oxygen atoms in total. The molecule has 0 aliphatic rings. The van der Waals surface area contributed by atoms with Gasteiger partial charge in [-0.15, -0.1) is 15.0 Å². The summed E-state index contributed by atoms with van der Waals surface area (Å²) in [6, 6.07) is -2.04. The average molecular weight is 808 g/mol. The van der Waals surface area contributed by atoms with Crippen LogP contribution in [0.25, 0.3) is 0 Å².